The molecule has 0 spiro atoms. The number of hydrogen-bond donors (Lipinski definition) is 0. The minimum atomic E-state index is -5.72. The number of alkyl halides is 3. The van der Waals surface area contributed by atoms with Gasteiger partial charge in [0.2, 0.25) is 0 Å². The Morgan fingerprint density at radius 3 is 1.13 bits per heavy atom. The van der Waals surface area contributed by atoms with Gasteiger partial charge in [-0.2, -0.15) is 0 Å². The van der Waals surface area contributed by atoms with Gasteiger partial charge in [0, 0.05) is 0 Å². The van der Waals surface area contributed by atoms with E-state index in [4.69, 9.17) is 0 Å². The number of benzene rings is 3. The normalized spacial score (nSPS) is 12.6. The molecule has 0 saturated carbocycles. The van der Waals surface area contributed by atoms with Gasteiger partial charge in [0.05, 0.1) is 0 Å². The van der Waals surface area contributed by atoms with Crippen LogP contribution in [-0.4, -0.2) is 32.6 Å². The molecule has 0 unspecified atom stereocenters. The third kappa shape index (κ3) is 4.37. The molecule has 3 rings (SSSR count). The second-order valence-corrected chi connectivity index (χ2v) is 18.2. The molecular formula is C22H21F3NO2SSb. The van der Waals surface area contributed by atoms with Gasteiger partial charge < -0.3 is 0 Å². The third-order valence-corrected chi connectivity index (χ3v) is 18.7. The molecule has 0 heterocycles. The topological polar surface area (TPSA) is 46.5 Å². The van der Waals surface area contributed by atoms with Crippen molar-refractivity contribution < 1.29 is 21.6 Å². The van der Waals surface area contributed by atoms with Gasteiger partial charge in [-0.15, -0.1) is 0 Å². The Morgan fingerprint density at radius 2 is 0.900 bits per heavy atom. The quantitative estimate of drug-likeness (QED) is 0.473. The summed E-state index contributed by atoms with van der Waals surface area (Å²) < 4.78 is 70.4. The van der Waals surface area contributed by atoms with Crippen LogP contribution in [0, 0.1) is 20.8 Å². The summed E-state index contributed by atoms with van der Waals surface area (Å²) >= 11 is -4.82. The maximum atomic E-state index is 13.5. The molecule has 0 aliphatic rings. The molecule has 0 N–H and O–H groups in total. The van der Waals surface area contributed by atoms with Crippen LogP contribution in [0.5, 0.6) is 0 Å². The zero-order valence-electron chi connectivity index (χ0n) is 16.7. The fraction of sp³-hybridized carbons (Fsp3) is 0.182. The van der Waals surface area contributed by atoms with Gasteiger partial charge in [-0.05, 0) is 0 Å². The monoisotopic (exact) mass is 541 g/mol. The molecule has 0 aromatic heterocycles. The molecule has 0 aliphatic carbocycles. The van der Waals surface area contributed by atoms with Crippen molar-refractivity contribution in [2.24, 2.45) is 2.50 Å². The molecule has 0 aliphatic heterocycles. The Bertz CT molecular complexity index is 1080. The van der Waals surface area contributed by atoms with E-state index in [1.54, 1.807) is 72.8 Å². The standard InChI is InChI=1S/3C7H7.CF3NO2S.Sb/c3*1-7-5-3-2-4-6-7;2-1(3,4)8(5,6)7;/h3*3-6H,1H3;;. The van der Waals surface area contributed by atoms with Crippen molar-refractivity contribution in [2.75, 3.05) is 0 Å². The van der Waals surface area contributed by atoms with Gasteiger partial charge in [0.1, 0.15) is 0 Å². The van der Waals surface area contributed by atoms with Gasteiger partial charge in [-0.25, -0.2) is 0 Å². The Balaban J connectivity index is 2.53. The number of aryl methyl sites for hydroxylation is 3. The summed E-state index contributed by atoms with van der Waals surface area (Å²) in [5.74, 6) is 0. The first kappa shape index (κ1) is 22.7. The zero-order chi connectivity index (χ0) is 22.2. The van der Waals surface area contributed by atoms with Gasteiger partial charge in [0.15, 0.2) is 0 Å². The van der Waals surface area contributed by atoms with E-state index in [1.807, 2.05) is 20.8 Å². The number of sulfonamides is 1. The van der Waals surface area contributed by atoms with Crippen molar-refractivity contribution in [1.29, 1.82) is 0 Å². The average molecular weight is 542 g/mol. The maximum absolute atomic E-state index is 13.5. The molecule has 3 nitrogen and oxygen atoms in total. The molecule has 0 amide bonds. The van der Waals surface area contributed by atoms with Gasteiger partial charge in [-0.3, -0.25) is 0 Å². The molecule has 30 heavy (non-hydrogen) atoms. The first-order valence-electron chi connectivity index (χ1n) is 9.12. The molecule has 0 bridgehead atoms. The summed E-state index contributed by atoms with van der Waals surface area (Å²) in [5.41, 5.74) is -2.71. The van der Waals surface area contributed by atoms with E-state index in [0.717, 1.165) is 16.7 Å². The number of halogens is 3. The molecule has 0 saturated heterocycles. The van der Waals surface area contributed by atoms with Crippen LogP contribution in [-0.2, 0) is 10.0 Å². The van der Waals surface area contributed by atoms with Crippen LogP contribution in [0.25, 0.3) is 0 Å². The fourth-order valence-corrected chi connectivity index (χ4v) is 17.3. The molecule has 3 aromatic rings. The molecular weight excluding hydrogens is 521 g/mol. The van der Waals surface area contributed by atoms with Crippen LogP contribution >= 0.6 is 0 Å². The average Bonchev–Trinajstić information content (AvgIpc) is 2.67. The van der Waals surface area contributed by atoms with Crippen LogP contribution in [0.1, 0.15) is 16.7 Å². The fourth-order valence-electron chi connectivity index (χ4n) is 3.08. The Morgan fingerprint density at radius 1 is 0.633 bits per heavy atom. The van der Waals surface area contributed by atoms with E-state index < -0.39 is 34.2 Å². The third-order valence-electron chi connectivity index (χ3n) is 4.75. The second-order valence-electron chi connectivity index (χ2n) is 7.14. The summed E-state index contributed by atoms with van der Waals surface area (Å²) in [4.78, 5) is 0. The van der Waals surface area contributed by atoms with Gasteiger partial charge in [0.25, 0.3) is 0 Å². The molecule has 0 radical (unpaired) electrons. The summed E-state index contributed by atoms with van der Waals surface area (Å²) in [5, 5.41) is 0. The number of hydrogen-bond acceptors (Lipinski definition) is 2. The van der Waals surface area contributed by atoms with Crippen molar-refractivity contribution in [2.45, 2.75) is 26.3 Å². The van der Waals surface area contributed by atoms with E-state index >= 15 is 0 Å². The van der Waals surface area contributed by atoms with Crippen LogP contribution in [0.15, 0.2) is 75.3 Å². The van der Waals surface area contributed by atoms with Crippen molar-refractivity contribution in [1.82, 2.24) is 0 Å². The predicted molar refractivity (Wildman–Crippen MR) is 116 cm³/mol. The zero-order valence-corrected chi connectivity index (χ0v) is 20.1. The Hall–Kier alpha value is -1.98. The summed E-state index contributed by atoms with van der Waals surface area (Å²) in [6, 6.07) is 20.9. The van der Waals surface area contributed by atoms with E-state index in [2.05, 4.69) is 2.50 Å². The van der Waals surface area contributed by atoms with Crippen LogP contribution in [0.2, 0.25) is 0 Å². The summed E-state index contributed by atoms with van der Waals surface area (Å²) in [6.07, 6.45) is 0. The first-order chi connectivity index (χ1) is 14.0. The van der Waals surface area contributed by atoms with E-state index in [-0.39, 0.29) is 0 Å². The summed E-state index contributed by atoms with van der Waals surface area (Å²) in [6.45, 7) is 5.59. The number of nitrogens with zero attached hydrogens (tertiary/aromatic N) is 1. The minimum absolute atomic E-state index is 0.527. The van der Waals surface area contributed by atoms with Crippen LogP contribution < -0.4 is 10.5 Å². The van der Waals surface area contributed by atoms with Crippen molar-refractivity contribution in [3.05, 3.63) is 89.5 Å². The molecule has 0 atom stereocenters. The van der Waals surface area contributed by atoms with E-state index in [1.165, 1.54) is 0 Å². The molecule has 3 aromatic carbocycles. The van der Waals surface area contributed by atoms with Gasteiger partial charge >= 0.3 is 179 Å². The molecule has 8 heteroatoms. The Kier molecular flexibility index (Phi) is 6.26. The number of rotatable bonds is 4. The second kappa shape index (κ2) is 8.27. The van der Waals surface area contributed by atoms with Crippen LogP contribution in [0.4, 0.5) is 13.2 Å². The van der Waals surface area contributed by atoms with Crippen molar-refractivity contribution in [3.63, 3.8) is 0 Å². The first-order valence-corrected chi connectivity index (χ1v) is 15.5. The Labute approximate surface area is 178 Å². The van der Waals surface area contributed by atoms with Crippen molar-refractivity contribution in [3.8, 4) is 0 Å². The molecule has 158 valence electrons. The molecule has 0 fully saturated rings. The van der Waals surface area contributed by atoms with Crippen molar-refractivity contribution >= 4 is 39.2 Å². The van der Waals surface area contributed by atoms with Gasteiger partial charge in [-0.1, -0.05) is 0 Å². The van der Waals surface area contributed by atoms with E-state index in [9.17, 15) is 21.6 Å². The summed E-state index contributed by atoms with van der Waals surface area (Å²) in [7, 11) is -5.72. The van der Waals surface area contributed by atoms with E-state index in [0.29, 0.717) is 10.5 Å². The van der Waals surface area contributed by atoms with Crippen LogP contribution in [0.3, 0.4) is 0 Å². The SMILES string of the molecule is Cc1cc[c]([Sb](=[N]S(=O)(=O)C(F)(F)F)([c]2ccc(C)cc2)[c]2ccc(C)cc2)cc1. The predicted octanol–water partition coefficient (Wildman–Crippen LogP) is 3.70.